The van der Waals surface area contributed by atoms with Gasteiger partial charge in [-0.1, -0.05) is 30.3 Å². The number of benzene rings is 2. The molecule has 0 atom stereocenters. The van der Waals surface area contributed by atoms with E-state index in [-0.39, 0.29) is 24.3 Å². The summed E-state index contributed by atoms with van der Waals surface area (Å²) < 4.78 is 0. The van der Waals surface area contributed by atoms with Crippen molar-refractivity contribution in [2.24, 2.45) is 10.7 Å². The van der Waals surface area contributed by atoms with Crippen molar-refractivity contribution in [3.63, 3.8) is 0 Å². The molecule has 0 unspecified atom stereocenters. The number of hydrogen-bond donors (Lipinski definition) is 4. The van der Waals surface area contributed by atoms with Gasteiger partial charge in [0.25, 0.3) is 5.91 Å². The molecule has 124 valence electrons. The highest BCUT2D eigenvalue weighted by Crippen LogP contribution is 2.17. The Morgan fingerprint density at radius 3 is 2.58 bits per heavy atom. The minimum absolute atomic E-state index is 0. The first-order chi connectivity index (χ1) is 11.1. The quantitative estimate of drug-likeness (QED) is 0.333. The minimum atomic E-state index is -0.291. The first-order valence-corrected chi connectivity index (χ1v) is 7.15. The number of rotatable bonds is 3. The molecule has 24 heavy (non-hydrogen) atoms. The van der Waals surface area contributed by atoms with Gasteiger partial charge in [-0.3, -0.25) is 10.1 Å². The van der Waals surface area contributed by atoms with Crippen molar-refractivity contribution < 1.29 is 4.79 Å². The number of guanidine groups is 1. The molecule has 0 aliphatic heterocycles. The molecule has 0 aliphatic carbocycles. The number of carbonyl (C=O) groups is 1. The van der Waals surface area contributed by atoms with E-state index in [1.54, 1.807) is 18.3 Å². The third kappa shape index (κ3) is 3.85. The van der Waals surface area contributed by atoms with Gasteiger partial charge in [0, 0.05) is 22.8 Å². The van der Waals surface area contributed by atoms with Crippen LogP contribution in [-0.4, -0.2) is 16.9 Å². The fourth-order valence-corrected chi connectivity index (χ4v) is 2.28. The van der Waals surface area contributed by atoms with Gasteiger partial charge in [0.2, 0.25) is 0 Å². The Morgan fingerprint density at radius 2 is 1.83 bits per heavy atom. The standard InChI is InChI=1S/C17H17N5O.ClH/c18-12-7-5-11(6-8-12)9-21-17(19)22-16(23)14-10-20-15-4-2-1-3-13(14)15;/h1-8,10,20H,9,18H2,(H3,19,21,22,23);1H. The second-order valence-corrected chi connectivity index (χ2v) is 5.15. The number of nitrogen functional groups attached to an aromatic ring is 1. The van der Waals surface area contributed by atoms with Gasteiger partial charge in [0.15, 0.2) is 5.96 Å². The number of H-pyrrole nitrogens is 1. The van der Waals surface area contributed by atoms with Gasteiger partial charge in [-0.05, 0) is 23.8 Å². The molecule has 7 heteroatoms. The number of anilines is 1. The first kappa shape index (κ1) is 17.4. The predicted octanol–water partition coefficient (Wildman–Crippen LogP) is 2.42. The number of amides is 1. The van der Waals surface area contributed by atoms with Crippen molar-refractivity contribution >= 4 is 40.9 Å². The third-order valence-corrected chi connectivity index (χ3v) is 3.49. The number of para-hydroxylation sites is 1. The zero-order valence-corrected chi connectivity index (χ0v) is 13.6. The van der Waals surface area contributed by atoms with Gasteiger partial charge in [-0.2, -0.15) is 0 Å². The van der Waals surface area contributed by atoms with Gasteiger partial charge >= 0.3 is 0 Å². The van der Waals surface area contributed by atoms with Crippen LogP contribution in [0, 0.1) is 0 Å². The topological polar surface area (TPSA) is 109 Å². The van der Waals surface area contributed by atoms with E-state index in [0.717, 1.165) is 16.5 Å². The number of nitrogens with two attached hydrogens (primary N) is 2. The average Bonchev–Trinajstić information content (AvgIpc) is 2.98. The zero-order valence-electron chi connectivity index (χ0n) is 12.8. The summed E-state index contributed by atoms with van der Waals surface area (Å²) >= 11 is 0. The van der Waals surface area contributed by atoms with Crippen LogP contribution in [0.2, 0.25) is 0 Å². The number of carbonyl (C=O) groups excluding carboxylic acids is 1. The number of nitrogens with zero attached hydrogens (tertiary/aromatic N) is 1. The number of nitrogens with one attached hydrogen (secondary N) is 2. The monoisotopic (exact) mass is 343 g/mol. The summed E-state index contributed by atoms with van der Waals surface area (Å²) in [7, 11) is 0. The molecule has 6 N–H and O–H groups in total. The molecule has 1 amide bonds. The molecular formula is C17H18ClN5O. The van der Waals surface area contributed by atoms with Gasteiger partial charge in [0.05, 0.1) is 12.1 Å². The SMILES string of the molecule is Cl.NC(=NCc1ccc(N)cc1)NC(=O)c1c[nH]c2ccccc12. The van der Waals surface area contributed by atoms with E-state index < -0.39 is 0 Å². The molecule has 0 spiro atoms. The zero-order chi connectivity index (χ0) is 16.2. The van der Waals surface area contributed by atoms with Crippen LogP contribution in [0.25, 0.3) is 10.9 Å². The van der Waals surface area contributed by atoms with Crippen LogP contribution in [0.1, 0.15) is 15.9 Å². The number of fused-ring (bicyclic) bond motifs is 1. The molecule has 1 aromatic heterocycles. The Morgan fingerprint density at radius 1 is 1.12 bits per heavy atom. The molecule has 0 saturated carbocycles. The number of aliphatic imine (C=N–C) groups is 1. The van der Waals surface area contributed by atoms with Crippen molar-refractivity contribution in [2.75, 3.05) is 5.73 Å². The number of halogens is 1. The summed E-state index contributed by atoms with van der Waals surface area (Å²) in [4.78, 5) is 19.5. The second-order valence-electron chi connectivity index (χ2n) is 5.15. The summed E-state index contributed by atoms with van der Waals surface area (Å²) in [5.41, 5.74) is 14.5. The van der Waals surface area contributed by atoms with Gasteiger partial charge < -0.3 is 16.5 Å². The summed E-state index contributed by atoms with van der Waals surface area (Å²) in [6.45, 7) is 0.375. The molecule has 2 aromatic carbocycles. The molecule has 3 rings (SSSR count). The van der Waals surface area contributed by atoms with E-state index in [4.69, 9.17) is 11.5 Å². The van der Waals surface area contributed by atoms with E-state index in [9.17, 15) is 4.79 Å². The first-order valence-electron chi connectivity index (χ1n) is 7.15. The Balaban J connectivity index is 0.00000208. The highest BCUT2D eigenvalue weighted by molar-refractivity contribution is 6.12. The van der Waals surface area contributed by atoms with Crippen molar-refractivity contribution in [3.8, 4) is 0 Å². The molecule has 3 aromatic rings. The molecular weight excluding hydrogens is 326 g/mol. The second kappa shape index (κ2) is 7.52. The van der Waals surface area contributed by atoms with Crippen molar-refractivity contribution in [1.29, 1.82) is 0 Å². The maximum Gasteiger partial charge on any atom is 0.260 e. The predicted molar refractivity (Wildman–Crippen MR) is 99.2 cm³/mol. The minimum Gasteiger partial charge on any atom is -0.399 e. The largest absolute Gasteiger partial charge is 0.399 e. The van der Waals surface area contributed by atoms with E-state index in [0.29, 0.717) is 17.8 Å². The van der Waals surface area contributed by atoms with Crippen LogP contribution in [0.3, 0.4) is 0 Å². The number of hydrogen-bond acceptors (Lipinski definition) is 3. The van der Waals surface area contributed by atoms with Gasteiger partial charge in [-0.25, -0.2) is 4.99 Å². The van der Waals surface area contributed by atoms with Gasteiger partial charge in [-0.15, -0.1) is 12.4 Å². The summed E-state index contributed by atoms with van der Waals surface area (Å²) in [5.74, 6) is -0.210. The highest BCUT2D eigenvalue weighted by Gasteiger charge is 2.12. The van der Waals surface area contributed by atoms with Crippen molar-refractivity contribution in [2.45, 2.75) is 6.54 Å². The molecule has 1 heterocycles. The lowest BCUT2D eigenvalue weighted by Gasteiger charge is -2.04. The summed E-state index contributed by atoms with van der Waals surface area (Å²) in [5, 5.41) is 3.44. The number of aromatic amines is 1. The maximum atomic E-state index is 12.3. The lowest BCUT2D eigenvalue weighted by Crippen LogP contribution is -2.36. The lowest BCUT2D eigenvalue weighted by atomic mass is 10.1. The Hall–Kier alpha value is -2.99. The summed E-state index contributed by atoms with van der Waals surface area (Å²) in [6.07, 6.45) is 1.66. The van der Waals surface area contributed by atoms with Crippen LogP contribution in [0.5, 0.6) is 0 Å². The molecule has 0 bridgehead atoms. The van der Waals surface area contributed by atoms with Crippen LogP contribution in [0.4, 0.5) is 5.69 Å². The lowest BCUT2D eigenvalue weighted by molar-refractivity contribution is 0.0978. The molecule has 0 radical (unpaired) electrons. The Bertz CT molecular complexity index is 870. The van der Waals surface area contributed by atoms with E-state index in [2.05, 4.69) is 15.3 Å². The smallest absolute Gasteiger partial charge is 0.260 e. The van der Waals surface area contributed by atoms with E-state index >= 15 is 0 Å². The fourth-order valence-electron chi connectivity index (χ4n) is 2.28. The van der Waals surface area contributed by atoms with Crippen molar-refractivity contribution in [3.05, 3.63) is 65.9 Å². The van der Waals surface area contributed by atoms with E-state index in [1.807, 2.05) is 36.4 Å². The third-order valence-electron chi connectivity index (χ3n) is 3.49. The maximum absolute atomic E-state index is 12.3. The van der Waals surface area contributed by atoms with E-state index in [1.165, 1.54) is 0 Å². The Labute approximate surface area is 145 Å². The molecule has 0 aliphatic rings. The molecule has 6 nitrogen and oxygen atoms in total. The fraction of sp³-hybridized carbons (Fsp3) is 0.0588. The summed E-state index contributed by atoms with van der Waals surface area (Å²) in [6, 6.07) is 14.9. The molecule has 0 fully saturated rings. The van der Waals surface area contributed by atoms with Crippen LogP contribution < -0.4 is 16.8 Å². The van der Waals surface area contributed by atoms with Gasteiger partial charge in [0.1, 0.15) is 0 Å². The Kier molecular flexibility index (Phi) is 5.44. The van der Waals surface area contributed by atoms with Crippen molar-refractivity contribution in [1.82, 2.24) is 10.3 Å². The average molecular weight is 344 g/mol. The molecule has 0 saturated heterocycles. The van der Waals surface area contributed by atoms with Crippen LogP contribution >= 0.6 is 12.4 Å². The normalized spacial score (nSPS) is 11.1. The highest BCUT2D eigenvalue weighted by atomic mass is 35.5. The van der Waals surface area contributed by atoms with Crippen LogP contribution in [-0.2, 0) is 6.54 Å². The number of aromatic nitrogens is 1. The van der Waals surface area contributed by atoms with Crippen LogP contribution in [0.15, 0.2) is 59.7 Å².